The second kappa shape index (κ2) is 4.04. The van der Waals surface area contributed by atoms with Gasteiger partial charge in [0.05, 0.1) is 13.2 Å². The van der Waals surface area contributed by atoms with E-state index in [4.69, 9.17) is 9.47 Å². The summed E-state index contributed by atoms with van der Waals surface area (Å²) in [6.45, 7) is 3.59. The van der Waals surface area contributed by atoms with Crippen LogP contribution in [0.25, 0.3) is 0 Å². The Morgan fingerprint density at radius 1 is 1.70 bits per heavy atom. The molecular formula is C6H10Br2O2. The topological polar surface area (TPSA) is 21.8 Å². The van der Waals surface area contributed by atoms with Crippen LogP contribution in [0.3, 0.4) is 0 Å². The Hall–Kier alpha value is 0.880. The van der Waals surface area contributed by atoms with Gasteiger partial charge in [-0.25, -0.2) is 0 Å². The molecule has 0 aromatic carbocycles. The fraction of sp³-hybridized carbons (Fsp3) is 1.00. The van der Waals surface area contributed by atoms with E-state index < -0.39 is 0 Å². The molecule has 0 radical (unpaired) electrons. The van der Waals surface area contributed by atoms with Crippen molar-refractivity contribution < 1.29 is 9.47 Å². The lowest BCUT2D eigenvalue weighted by Crippen LogP contribution is -2.17. The predicted octanol–water partition coefficient (Wildman–Crippen LogP) is 1.91. The van der Waals surface area contributed by atoms with E-state index in [9.17, 15) is 0 Å². The third kappa shape index (κ3) is 3.32. The Bertz CT molecular complexity index is 104. The Labute approximate surface area is 77.5 Å². The van der Waals surface area contributed by atoms with Crippen molar-refractivity contribution in [1.29, 1.82) is 0 Å². The van der Waals surface area contributed by atoms with Crippen LogP contribution < -0.4 is 0 Å². The minimum Gasteiger partial charge on any atom is -0.371 e. The molecule has 3 atom stereocenters. The number of alkyl halides is 2. The molecule has 0 aromatic rings. The predicted molar refractivity (Wildman–Crippen MR) is 46.8 cm³/mol. The van der Waals surface area contributed by atoms with Gasteiger partial charge in [0.25, 0.3) is 0 Å². The first-order valence-corrected chi connectivity index (χ1v) is 5.04. The van der Waals surface area contributed by atoms with Crippen LogP contribution >= 0.6 is 31.9 Å². The Morgan fingerprint density at radius 3 is 2.70 bits per heavy atom. The van der Waals surface area contributed by atoms with Crippen LogP contribution in [-0.2, 0) is 9.47 Å². The number of hydrogen-bond acceptors (Lipinski definition) is 2. The van der Waals surface area contributed by atoms with Crippen molar-refractivity contribution in [2.75, 3.05) is 13.2 Å². The summed E-state index contributed by atoms with van der Waals surface area (Å²) in [5.41, 5.74) is 0. The summed E-state index contributed by atoms with van der Waals surface area (Å²) in [5.74, 6) is 0. The van der Waals surface area contributed by atoms with Crippen molar-refractivity contribution >= 4 is 31.9 Å². The molecule has 0 aromatic heterocycles. The molecule has 0 spiro atoms. The normalized spacial score (nSPS) is 29.7. The van der Waals surface area contributed by atoms with Gasteiger partial charge in [-0.15, -0.1) is 0 Å². The van der Waals surface area contributed by atoms with Crippen molar-refractivity contribution in [2.24, 2.45) is 0 Å². The molecule has 0 amide bonds. The maximum absolute atomic E-state index is 5.37. The van der Waals surface area contributed by atoms with E-state index in [2.05, 4.69) is 31.9 Å². The first-order chi connectivity index (χ1) is 4.70. The number of halogens is 2. The highest BCUT2D eigenvalue weighted by Gasteiger charge is 2.24. The Kier molecular flexibility index (Phi) is 3.63. The third-order valence-corrected chi connectivity index (χ3v) is 3.45. The number of hydrogen-bond donors (Lipinski definition) is 0. The third-order valence-electron chi connectivity index (χ3n) is 1.20. The van der Waals surface area contributed by atoms with Gasteiger partial charge in [-0.3, -0.25) is 0 Å². The fourth-order valence-corrected chi connectivity index (χ4v) is 0.801. The molecule has 1 aliphatic heterocycles. The van der Waals surface area contributed by atoms with Crippen molar-refractivity contribution in [2.45, 2.75) is 22.9 Å². The van der Waals surface area contributed by atoms with Crippen LogP contribution in [0.4, 0.5) is 0 Å². The lowest BCUT2D eigenvalue weighted by Gasteiger charge is -2.11. The highest BCUT2D eigenvalue weighted by atomic mass is 79.9. The van der Waals surface area contributed by atoms with Gasteiger partial charge < -0.3 is 9.47 Å². The van der Waals surface area contributed by atoms with E-state index in [0.717, 1.165) is 6.61 Å². The van der Waals surface area contributed by atoms with Gasteiger partial charge in [-0.1, -0.05) is 31.9 Å². The quantitative estimate of drug-likeness (QED) is 0.577. The van der Waals surface area contributed by atoms with Gasteiger partial charge in [0, 0.05) is 4.83 Å². The molecule has 2 nitrogen and oxygen atoms in total. The first kappa shape index (κ1) is 8.97. The lowest BCUT2D eigenvalue weighted by molar-refractivity contribution is 0.103. The summed E-state index contributed by atoms with van der Waals surface area (Å²) >= 11 is 6.77. The molecule has 0 bridgehead atoms. The average Bonchev–Trinajstić information content (AvgIpc) is 2.64. The van der Waals surface area contributed by atoms with Crippen LogP contribution in [0.15, 0.2) is 0 Å². The zero-order valence-electron chi connectivity index (χ0n) is 5.72. The van der Waals surface area contributed by atoms with Crippen molar-refractivity contribution in [3.8, 4) is 0 Å². The van der Waals surface area contributed by atoms with Crippen molar-refractivity contribution in [3.05, 3.63) is 0 Å². The molecule has 1 aliphatic rings. The summed E-state index contributed by atoms with van der Waals surface area (Å²) in [5, 5.41) is 0.0942. The highest BCUT2D eigenvalue weighted by molar-refractivity contribution is 9.12. The molecule has 0 saturated carbocycles. The van der Waals surface area contributed by atoms with E-state index in [1.54, 1.807) is 0 Å². The molecule has 10 heavy (non-hydrogen) atoms. The lowest BCUT2D eigenvalue weighted by atomic mass is 10.5. The van der Waals surface area contributed by atoms with Crippen LogP contribution in [0.2, 0.25) is 0 Å². The summed E-state index contributed by atoms with van der Waals surface area (Å²) in [4.78, 5) is 0.339. The molecule has 1 saturated heterocycles. The van der Waals surface area contributed by atoms with Crippen LogP contribution in [0.1, 0.15) is 6.92 Å². The molecule has 0 N–H and O–H groups in total. The zero-order chi connectivity index (χ0) is 7.56. The molecular weight excluding hydrogens is 264 g/mol. The van der Waals surface area contributed by atoms with Crippen LogP contribution in [0, 0.1) is 0 Å². The standard InChI is InChI=1S/C6H10Br2O2/c1-4(7)6(8)10-3-5-2-9-5/h4-6H,2-3H2,1H3. The SMILES string of the molecule is CC(Br)C(Br)OCC1CO1. The Balaban J connectivity index is 1.99. The number of ether oxygens (including phenoxy) is 2. The maximum atomic E-state index is 5.37. The van der Waals surface area contributed by atoms with Gasteiger partial charge >= 0.3 is 0 Å². The largest absolute Gasteiger partial charge is 0.371 e. The molecule has 60 valence electrons. The Morgan fingerprint density at radius 2 is 2.30 bits per heavy atom. The number of epoxide rings is 1. The van der Waals surface area contributed by atoms with Crippen molar-refractivity contribution in [3.63, 3.8) is 0 Å². The minimum atomic E-state index is 0.0942. The van der Waals surface area contributed by atoms with E-state index in [1.165, 1.54) is 0 Å². The van der Waals surface area contributed by atoms with Crippen LogP contribution in [-0.4, -0.2) is 29.2 Å². The maximum Gasteiger partial charge on any atom is 0.124 e. The smallest absolute Gasteiger partial charge is 0.124 e. The highest BCUT2D eigenvalue weighted by Crippen LogP contribution is 2.17. The summed E-state index contributed by atoms with van der Waals surface area (Å²) in [6, 6.07) is 0. The van der Waals surface area contributed by atoms with E-state index in [0.29, 0.717) is 17.5 Å². The zero-order valence-corrected chi connectivity index (χ0v) is 8.89. The molecule has 1 fully saturated rings. The van der Waals surface area contributed by atoms with Gasteiger partial charge in [0.2, 0.25) is 0 Å². The average molecular weight is 274 g/mol. The van der Waals surface area contributed by atoms with Gasteiger partial charge in [0.1, 0.15) is 11.1 Å². The minimum absolute atomic E-state index is 0.0942. The fourth-order valence-electron chi connectivity index (χ4n) is 0.496. The second-order valence-corrected chi connectivity index (χ2v) is 4.66. The molecule has 4 heteroatoms. The van der Waals surface area contributed by atoms with Gasteiger partial charge in [-0.2, -0.15) is 0 Å². The summed E-state index contributed by atoms with van der Waals surface area (Å²) in [6.07, 6.45) is 0.353. The monoisotopic (exact) mass is 272 g/mol. The first-order valence-electron chi connectivity index (χ1n) is 3.21. The van der Waals surface area contributed by atoms with Crippen molar-refractivity contribution in [1.82, 2.24) is 0 Å². The van der Waals surface area contributed by atoms with Gasteiger partial charge in [-0.05, 0) is 6.92 Å². The molecule has 3 unspecified atom stereocenters. The summed E-state index contributed by atoms with van der Waals surface area (Å²) in [7, 11) is 0. The van der Waals surface area contributed by atoms with E-state index in [-0.39, 0.29) is 5.01 Å². The second-order valence-electron chi connectivity index (χ2n) is 2.32. The van der Waals surface area contributed by atoms with E-state index >= 15 is 0 Å². The molecule has 1 rings (SSSR count). The number of rotatable bonds is 4. The summed E-state index contributed by atoms with van der Waals surface area (Å²) < 4.78 is 10.3. The molecule has 0 aliphatic carbocycles. The van der Waals surface area contributed by atoms with Crippen LogP contribution in [0.5, 0.6) is 0 Å². The van der Waals surface area contributed by atoms with Gasteiger partial charge in [0.15, 0.2) is 0 Å². The van der Waals surface area contributed by atoms with E-state index in [1.807, 2.05) is 6.92 Å². The molecule has 1 heterocycles.